The molecule has 0 aromatic carbocycles. The zero-order chi connectivity index (χ0) is 16.8. The minimum Gasteiger partial charge on any atom is -0.356 e. The Morgan fingerprint density at radius 1 is 0.818 bits per heavy atom. The van der Waals surface area contributed by atoms with Gasteiger partial charge >= 0.3 is 0 Å². The summed E-state index contributed by atoms with van der Waals surface area (Å²) < 4.78 is -0.495. The lowest BCUT2D eigenvalue weighted by molar-refractivity contribution is -0.126. The van der Waals surface area contributed by atoms with Crippen LogP contribution in [-0.2, 0) is 9.59 Å². The van der Waals surface area contributed by atoms with Gasteiger partial charge in [0.1, 0.15) is 0 Å². The third-order valence-electron chi connectivity index (χ3n) is 4.69. The van der Waals surface area contributed by atoms with E-state index >= 15 is 0 Å². The number of hydrogen-bond acceptors (Lipinski definition) is 2. The molecular formula is C14H20Br4N2O2. The molecule has 0 unspecified atom stereocenters. The van der Waals surface area contributed by atoms with Crippen LogP contribution in [-0.4, -0.2) is 31.4 Å². The van der Waals surface area contributed by atoms with Gasteiger partial charge in [0.2, 0.25) is 11.8 Å². The Morgan fingerprint density at radius 3 is 1.32 bits per heavy atom. The van der Waals surface area contributed by atoms with Crippen molar-refractivity contribution < 1.29 is 9.59 Å². The van der Waals surface area contributed by atoms with Crippen LogP contribution in [0, 0.1) is 10.8 Å². The van der Waals surface area contributed by atoms with Crippen LogP contribution in [0.3, 0.4) is 0 Å². The zero-order valence-corrected chi connectivity index (χ0v) is 18.9. The number of rotatable bonds is 7. The molecule has 0 aromatic rings. The van der Waals surface area contributed by atoms with Gasteiger partial charge in [-0.3, -0.25) is 9.59 Å². The summed E-state index contributed by atoms with van der Waals surface area (Å²) in [5, 5.41) is 5.92. The van der Waals surface area contributed by atoms with E-state index in [1.54, 1.807) is 0 Å². The second-order valence-electron chi connectivity index (χ2n) is 6.65. The summed E-state index contributed by atoms with van der Waals surface area (Å²) in [5.74, 6) is 0.137. The molecule has 2 aliphatic carbocycles. The Labute approximate surface area is 164 Å². The molecule has 22 heavy (non-hydrogen) atoms. The molecule has 0 aromatic heterocycles. The highest BCUT2D eigenvalue weighted by Gasteiger charge is 2.67. The lowest BCUT2D eigenvalue weighted by Gasteiger charge is -2.14. The van der Waals surface area contributed by atoms with E-state index in [9.17, 15) is 9.59 Å². The Morgan fingerprint density at radius 2 is 1.09 bits per heavy atom. The van der Waals surface area contributed by atoms with Crippen molar-refractivity contribution in [2.24, 2.45) is 10.8 Å². The Bertz CT molecular complexity index is 453. The smallest absolute Gasteiger partial charge is 0.228 e. The first-order valence-electron chi connectivity index (χ1n) is 7.29. The van der Waals surface area contributed by atoms with Gasteiger partial charge in [0.15, 0.2) is 0 Å². The predicted octanol–water partition coefficient (Wildman–Crippen LogP) is 3.79. The SMILES string of the molecule is C[C@@]1(C(=O)NCCCCNC(=O)[C@]2(C)CC2(Br)Br)CC1(Br)Br. The summed E-state index contributed by atoms with van der Waals surface area (Å²) >= 11 is 14.0. The Balaban J connectivity index is 1.56. The molecule has 126 valence electrons. The normalized spacial score (nSPS) is 33.9. The molecule has 2 fully saturated rings. The molecule has 0 aliphatic heterocycles. The maximum absolute atomic E-state index is 12.0. The van der Waals surface area contributed by atoms with Gasteiger partial charge in [-0.2, -0.15) is 0 Å². The summed E-state index contributed by atoms with van der Waals surface area (Å²) in [6, 6.07) is 0. The van der Waals surface area contributed by atoms with Crippen molar-refractivity contribution in [1.82, 2.24) is 10.6 Å². The van der Waals surface area contributed by atoms with Crippen LogP contribution in [0.4, 0.5) is 0 Å². The maximum Gasteiger partial charge on any atom is 0.228 e. The van der Waals surface area contributed by atoms with Crippen molar-refractivity contribution in [3.63, 3.8) is 0 Å². The van der Waals surface area contributed by atoms with Gasteiger partial charge in [-0.1, -0.05) is 63.7 Å². The summed E-state index contributed by atoms with van der Waals surface area (Å²) in [6.45, 7) is 5.15. The highest BCUT2D eigenvalue weighted by Crippen LogP contribution is 2.67. The average Bonchev–Trinajstić information content (AvgIpc) is 3.13. The average molecular weight is 568 g/mol. The highest BCUT2D eigenvalue weighted by molar-refractivity contribution is 9.26. The summed E-state index contributed by atoms with van der Waals surface area (Å²) in [5.41, 5.74) is -0.728. The van der Waals surface area contributed by atoms with Gasteiger partial charge in [0.05, 0.1) is 17.3 Å². The second-order valence-corrected chi connectivity index (χ2v) is 14.2. The second kappa shape index (κ2) is 6.30. The number of nitrogens with one attached hydrogen (secondary N) is 2. The summed E-state index contributed by atoms with van der Waals surface area (Å²) in [4.78, 5) is 24.1. The van der Waals surface area contributed by atoms with Crippen molar-refractivity contribution in [2.45, 2.75) is 46.0 Å². The third-order valence-corrected chi connectivity index (χ3v) is 9.31. The number of hydrogen-bond donors (Lipinski definition) is 2. The highest BCUT2D eigenvalue weighted by atomic mass is 79.9. The molecule has 4 nitrogen and oxygen atoms in total. The molecule has 8 heteroatoms. The quantitative estimate of drug-likeness (QED) is 0.363. The summed E-state index contributed by atoms with van der Waals surface area (Å²) in [6.07, 6.45) is 3.29. The third kappa shape index (κ3) is 3.59. The van der Waals surface area contributed by atoms with Crippen molar-refractivity contribution in [1.29, 1.82) is 0 Å². The molecule has 2 saturated carbocycles. The van der Waals surface area contributed by atoms with Gasteiger partial charge in [0.25, 0.3) is 0 Å². The monoisotopic (exact) mass is 564 g/mol. The van der Waals surface area contributed by atoms with Gasteiger partial charge in [-0.05, 0) is 39.5 Å². The number of unbranched alkanes of at least 4 members (excludes halogenated alkanes) is 1. The van der Waals surface area contributed by atoms with Crippen LogP contribution in [0.25, 0.3) is 0 Å². The van der Waals surface area contributed by atoms with E-state index in [0.29, 0.717) is 13.1 Å². The fraction of sp³-hybridized carbons (Fsp3) is 0.857. The molecule has 0 bridgehead atoms. The first kappa shape index (κ1) is 19.2. The van der Waals surface area contributed by atoms with Crippen molar-refractivity contribution >= 4 is 75.5 Å². The number of halogens is 4. The van der Waals surface area contributed by atoms with Crippen LogP contribution >= 0.6 is 63.7 Å². The lowest BCUT2D eigenvalue weighted by Crippen LogP contribution is -2.35. The van der Waals surface area contributed by atoms with E-state index in [2.05, 4.69) is 74.4 Å². The topological polar surface area (TPSA) is 58.2 Å². The molecule has 0 spiro atoms. The standard InChI is InChI=1S/C14H20Br4N2O2/c1-11(7-13(11,15)16)9(21)19-5-3-4-6-20-10(22)12(2)8-14(12,17)18/h3-8H2,1-2H3,(H,19,21)(H,20,22)/t11-,12-/m0/s1. The van der Waals surface area contributed by atoms with Gasteiger partial charge in [-0.15, -0.1) is 0 Å². The van der Waals surface area contributed by atoms with E-state index in [4.69, 9.17) is 0 Å². The predicted molar refractivity (Wildman–Crippen MR) is 102 cm³/mol. The Hall–Kier alpha value is 0.860. The molecular weight excluding hydrogens is 548 g/mol. The van der Waals surface area contributed by atoms with Crippen molar-refractivity contribution in [3.05, 3.63) is 0 Å². The fourth-order valence-electron chi connectivity index (χ4n) is 2.34. The van der Waals surface area contributed by atoms with Crippen molar-refractivity contribution in [2.75, 3.05) is 13.1 Å². The number of carbonyl (C=O) groups is 2. The molecule has 0 heterocycles. The van der Waals surface area contributed by atoms with E-state index in [1.807, 2.05) is 13.8 Å². The van der Waals surface area contributed by atoms with Gasteiger partial charge < -0.3 is 10.6 Å². The van der Waals surface area contributed by atoms with E-state index in [0.717, 1.165) is 25.7 Å². The van der Waals surface area contributed by atoms with Gasteiger partial charge in [0, 0.05) is 13.1 Å². The molecule has 2 amide bonds. The van der Waals surface area contributed by atoms with Crippen LogP contribution in [0.5, 0.6) is 0 Å². The van der Waals surface area contributed by atoms with Gasteiger partial charge in [-0.25, -0.2) is 0 Å². The molecule has 2 atom stereocenters. The van der Waals surface area contributed by atoms with Crippen LogP contribution in [0.2, 0.25) is 0 Å². The first-order valence-corrected chi connectivity index (χ1v) is 10.5. The molecule has 0 radical (unpaired) electrons. The molecule has 2 N–H and O–H groups in total. The van der Waals surface area contributed by atoms with Crippen LogP contribution in [0.1, 0.15) is 39.5 Å². The maximum atomic E-state index is 12.0. The lowest BCUT2D eigenvalue weighted by atomic mass is 10.1. The molecule has 2 aliphatic rings. The number of carbonyl (C=O) groups excluding carboxylic acids is 2. The van der Waals surface area contributed by atoms with E-state index < -0.39 is 0 Å². The minimum atomic E-state index is -0.364. The van der Waals surface area contributed by atoms with E-state index in [1.165, 1.54) is 0 Å². The summed E-state index contributed by atoms with van der Waals surface area (Å²) in [7, 11) is 0. The van der Waals surface area contributed by atoms with E-state index in [-0.39, 0.29) is 29.1 Å². The molecule has 0 saturated heterocycles. The zero-order valence-electron chi connectivity index (χ0n) is 12.6. The van der Waals surface area contributed by atoms with Crippen molar-refractivity contribution in [3.8, 4) is 0 Å². The minimum absolute atomic E-state index is 0.0686. The fourth-order valence-corrected chi connectivity index (χ4v) is 5.30. The Kier molecular flexibility index (Phi) is 5.49. The van der Waals surface area contributed by atoms with Crippen LogP contribution < -0.4 is 10.6 Å². The van der Waals surface area contributed by atoms with Crippen LogP contribution in [0.15, 0.2) is 0 Å². The number of amides is 2. The number of alkyl halides is 4. The molecule has 2 rings (SSSR count). The first-order chi connectivity index (χ1) is 9.96. The largest absolute Gasteiger partial charge is 0.356 e.